The lowest BCUT2D eigenvalue weighted by atomic mass is 10.1. The Labute approximate surface area is 159 Å². The van der Waals surface area contributed by atoms with Crippen LogP contribution in [0.5, 0.6) is 0 Å². The van der Waals surface area contributed by atoms with E-state index in [2.05, 4.69) is 10.0 Å². The zero-order valence-electron chi connectivity index (χ0n) is 14.9. The number of carbonyl (C=O) groups is 1. The summed E-state index contributed by atoms with van der Waals surface area (Å²) in [6, 6.07) is 12.1. The Hall–Kier alpha value is -2.25. The van der Waals surface area contributed by atoms with Crippen molar-refractivity contribution >= 4 is 15.9 Å². The van der Waals surface area contributed by atoms with Crippen molar-refractivity contribution in [1.29, 1.82) is 0 Å². The van der Waals surface area contributed by atoms with Gasteiger partial charge in [0, 0.05) is 18.2 Å². The zero-order valence-corrected chi connectivity index (χ0v) is 15.8. The van der Waals surface area contributed by atoms with Crippen LogP contribution >= 0.6 is 0 Å². The summed E-state index contributed by atoms with van der Waals surface area (Å²) in [5, 5.41) is 2.96. The van der Waals surface area contributed by atoms with Crippen molar-refractivity contribution in [1.82, 2.24) is 10.0 Å². The SMILES string of the molecule is O=C(NC1CCCC1)c1cccc(S(=O)(=O)NCCc2ccc(F)cc2)c1. The smallest absolute Gasteiger partial charge is 0.251 e. The van der Waals surface area contributed by atoms with Gasteiger partial charge in [0.2, 0.25) is 10.0 Å². The highest BCUT2D eigenvalue weighted by Gasteiger charge is 2.20. The van der Waals surface area contributed by atoms with Crippen LogP contribution in [0.15, 0.2) is 53.4 Å². The molecule has 0 spiro atoms. The third kappa shape index (κ3) is 5.37. The Bertz CT molecular complexity index is 892. The Morgan fingerprint density at radius 3 is 2.48 bits per heavy atom. The molecule has 0 atom stereocenters. The van der Waals surface area contributed by atoms with E-state index >= 15 is 0 Å². The monoisotopic (exact) mass is 390 g/mol. The fourth-order valence-electron chi connectivity index (χ4n) is 3.21. The van der Waals surface area contributed by atoms with Crippen molar-refractivity contribution in [2.24, 2.45) is 0 Å². The molecule has 0 saturated heterocycles. The number of carbonyl (C=O) groups excluding carboxylic acids is 1. The lowest BCUT2D eigenvalue weighted by Crippen LogP contribution is -2.33. The summed E-state index contributed by atoms with van der Waals surface area (Å²) in [6.45, 7) is 0.187. The Morgan fingerprint density at radius 1 is 1.07 bits per heavy atom. The molecule has 1 saturated carbocycles. The van der Waals surface area contributed by atoms with Gasteiger partial charge < -0.3 is 5.32 Å². The molecular formula is C20H23FN2O3S. The molecule has 0 unspecified atom stereocenters. The van der Waals surface area contributed by atoms with Crippen LogP contribution in [0.25, 0.3) is 0 Å². The van der Waals surface area contributed by atoms with Gasteiger partial charge in [0.1, 0.15) is 5.82 Å². The largest absolute Gasteiger partial charge is 0.349 e. The molecule has 0 radical (unpaired) electrons. The van der Waals surface area contributed by atoms with Gasteiger partial charge in [-0.05, 0) is 55.2 Å². The standard InChI is InChI=1S/C20H23FN2O3S/c21-17-10-8-15(9-11-17)12-13-22-27(25,26)19-7-3-4-16(14-19)20(24)23-18-5-1-2-6-18/h3-4,7-11,14,18,22H,1-2,5-6,12-13H2,(H,23,24). The van der Waals surface area contributed by atoms with Gasteiger partial charge in [-0.15, -0.1) is 0 Å². The quantitative estimate of drug-likeness (QED) is 0.763. The van der Waals surface area contributed by atoms with E-state index in [9.17, 15) is 17.6 Å². The summed E-state index contributed by atoms with van der Waals surface area (Å²) < 4.78 is 40.4. The van der Waals surface area contributed by atoms with Gasteiger partial charge in [0.15, 0.2) is 0 Å². The van der Waals surface area contributed by atoms with E-state index in [4.69, 9.17) is 0 Å². The number of benzene rings is 2. The normalized spacial score (nSPS) is 15.0. The molecule has 27 heavy (non-hydrogen) atoms. The average molecular weight is 390 g/mol. The van der Waals surface area contributed by atoms with E-state index in [0.717, 1.165) is 31.2 Å². The second-order valence-corrected chi connectivity index (χ2v) is 8.52. The highest BCUT2D eigenvalue weighted by Crippen LogP contribution is 2.19. The Morgan fingerprint density at radius 2 is 1.78 bits per heavy atom. The number of amides is 1. The van der Waals surface area contributed by atoms with E-state index in [1.807, 2.05) is 0 Å². The van der Waals surface area contributed by atoms with E-state index in [1.54, 1.807) is 24.3 Å². The number of halogens is 1. The van der Waals surface area contributed by atoms with Gasteiger partial charge >= 0.3 is 0 Å². The molecular weight excluding hydrogens is 367 g/mol. The summed E-state index contributed by atoms with van der Waals surface area (Å²) in [6.07, 6.45) is 4.60. The molecule has 7 heteroatoms. The first-order chi connectivity index (χ1) is 12.9. The maximum Gasteiger partial charge on any atom is 0.251 e. The number of nitrogens with one attached hydrogen (secondary N) is 2. The summed E-state index contributed by atoms with van der Waals surface area (Å²) in [7, 11) is -3.73. The molecule has 2 aromatic carbocycles. The molecule has 2 aromatic rings. The Kier molecular flexibility index (Phi) is 6.23. The summed E-state index contributed by atoms with van der Waals surface area (Å²) in [4.78, 5) is 12.4. The highest BCUT2D eigenvalue weighted by atomic mass is 32.2. The molecule has 0 heterocycles. The topological polar surface area (TPSA) is 75.3 Å². The van der Waals surface area contributed by atoms with Crippen LogP contribution < -0.4 is 10.0 Å². The van der Waals surface area contributed by atoms with Crippen LogP contribution in [0.4, 0.5) is 4.39 Å². The molecule has 1 aliphatic carbocycles. The van der Waals surface area contributed by atoms with E-state index in [0.29, 0.717) is 12.0 Å². The van der Waals surface area contributed by atoms with Crippen LogP contribution in [-0.4, -0.2) is 26.9 Å². The molecule has 144 valence electrons. The lowest BCUT2D eigenvalue weighted by molar-refractivity contribution is 0.0937. The first-order valence-corrected chi connectivity index (χ1v) is 10.6. The first-order valence-electron chi connectivity index (χ1n) is 9.09. The molecule has 5 nitrogen and oxygen atoms in total. The number of hydrogen-bond donors (Lipinski definition) is 2. The molecule has 0 aliphatic heterocycles. The molecule has 0 aromatic heterocycles. The summed E-state index contributed by atoms with van der Waals surface area (Å²) in [5.41, 5.74) is 1.17. The molecule has 3 rings (SSSR count). The fourth-order valence-corrected chi connectivity index (χ4v) is 4.28. The maximum atomic E-state index is 12.9. The van der Waals surface area contributed by atoms with Gasteiger partial charge in [-0.2, -0.15) is 0 Å². The van der Waals surface area contributed by atoms with Crippen molar-refractivity contribution in [2.45, 2.75) is 43.0 Å². The van der Waals surface area contributed by atoms with E-state index < -0.39 is 10.0 Å². The van der Waals surface area contributed by atoms with Gasteiger partial charge in [0.05, 0.1) is 4.90 Å². The minimum Gasteiger partial charge on any atom is -0.349 e. The number of rotatable bonds is 7. The minimum absolute atomic E-state index is 0.0562. The molecule has 1 amide bonds. The number of sulfonamides is 1. The summed E-state index contributed by atoms with van der Waals surface area (Å²) in [5.74, 6) is -0.572. The maximum absolute atomic E-state index is 12.9. The van der Waals surface area contributed by atoms with Gasteiger partial charge in [0.25, 0.3) is 5.91 Å². The predicted molar refractivity (Wildman–Crippen MR) is 101 cm³/mol. The van der Waals surface area contributed by atoms with Crippen molar-refractivity contribution in [3.8, 4) is 0 Å². The molecule has 1 aliphatic rings. The lowest BCUT2D eigenvalue weighted by Gasteiger charge is -2.13. The van der Waals surface area contributed by atoms with Crippen LogP contribution in [0.1, 0.15) is 41.6 Å². The van der Waals surface area contributed by atoms with Crippen molar-refractivity contribution in [3.63, 3.8) is 0 Å². The van der Waals surface area contributed by atoms with Crippen LogP contribution in [0, 0.1) is 5.82 Å². The molecule has 0 bridgehead atoms. The fraction of sp³-hybridized carbons (Fsp3) is 0.350. The van der Waals surface area contributed by atoms with Crippen LogP contribution in [0.2, 0.25) is 0 Å². The van der Waals surface area contributed by atoms with Gasteiger partial charge in [-0.3, -0.25) is 4.79 Å². The van der Waals surface area contributed by atoms with E-state index in [-0.39, 0.29) is 29.2 Å². The second kappa shape index (κ2) is 8.63. The van der Waals surface area contributed by atoms with Crippen molar-refractivity contribution in [2.75, 3.05) is 6.54 Å². The molecule has 1 fully saturated rings. The highest BCUT2D eigenvalue weighted by molar-refractivity contribution is 7.89. The van der Waals surface area contributed by atoms with Crippen LogP contribution in [0.3, 0.4) is 0 Å². The van der Waals surface area contributed by atoms with E-state index in [1.165, 1.54) is 24.3 Å². The third-order valence-corrected chi connectivity index (χ3v) is 6.17. The third-order valence-electron chi connectivity index (χ3n) is 4.72. The van der Waals surface area contributed by atoms with Crippen molar-refractivity contribution in [3.05, 3.63) is 65.5 Å². The van der Waals surface area contributed by atoms with Crippen molar-refractivity contribution < 1.29 is 17.6 Å². The summed E-state index contributed by atoms with van der Waals surface area (Å²) >= 11 is 0. The second-order valence-electron chi connectivity index (χ2n) is 6.76. The number of hydrogen-bond acceptors (Lipinski definition) is 3. The average Bonchev–Trinajstić information content (AvgIpc) is 3.16. The van der Waals surface area contributed by atoms with Gasteiger partial charge in [-0.25, -0.2) is 17.5 Å². The Balaban J connectivity index is 1.61. The van der Waals surface area contributed by atoms with Gasteiger partial charge in [-0.1, -0.05) is 31.0 Å². The van der Waals surface area contributed by atoms with Crippen LogP contribution in [-0.2, 0) is 16.4 Å². The first kappa shape index (κ1) is 19.5. The minimum atomic E-state index is -3.73. The zero-order chi connectivity index (χ0) is 19.3. The predicted octanol–water partition coefficient (Wildman–Crippen LogP) is 3.02. The molecule has 2 N–H and O–H groups in total.